The van der Waals surface area contributed by atoms with Gasteiger partial charge in [0.05, 0.1) is 0 Å². The minimum Gasteiger partial charge on any atom is -0.309 e. The van der Waals surface area contributed by atoms with Crippen molar-refractivity contribution >= 4 is 24.0 Å². The number of halogens is 2. The van der Waals surface area contributed by atoms with E-state index in [0.717, 1.165) is 11.4 Å². The topological polar surface area (TPSA) is 12.0 Å². The van der Waals surface area contributed by atoms with E-state index in [1.54, 1.807) is 0 Å². The van der Waals surface area contributed by atoms with Gasteiger partial charge < -0.3 is 5.32 Å². The summed E-state index contributed by atoms with van der Waals surface area (Å²) in [5, 5.41) is 4.36. The van der Waals surface area contributed by atoms with Crippen molar-refractivity contribution in [2.45, 2.75) is 45.7 Å². The van der Waals surface area contributed by atoms with Crippen molar-refractivity contribution in [3.63, 3.8) is 0 Å². The first kappa shape index (κ1) is 15.8. The van der Waals surface area contributed by atoms with Crippen LogP contribution in [-0.2, 0) is 6.42 Å². The Balaban J connectivity index is 0.00000225. The SMILES string of the molecule is CC(Cc1cccc(Cl)c1)NC(C)(C)C.Cl. The van der Waals surface area contributed by atoms with E-state index in [2.05, 4.69) is 39.1 Å². The largest absolute Gasteiger partial charge is 0.309 e. The lowest BCUT2D eigenvalue weighted by Crippen LogP contribution is -2.43. The molecule has 0 saturated heterocycles. The van der Waals surface area contributed by atoms with Crippen LogP contribution in [0, 0.1) is 0 Å². The Hall–Kier alpha value is -0.240. The number of benzene rings is 1. The summed E-state index contributed by atoms with van der Waals surface area (Å²) >= 11 is 5.94. The zero-order valence-corrected chi connectivity index (χ0v) is 12.0. The van der Waals surface area contributed by atoms with Crippen molar-refractivity contribution in [3.05, 3.63) is 34.9 Å². The molecule has 0 aliphatic heterocycles. The van der Waals surface area contributed by atoms with E-state index in [0.29, 0.717) is 6.04 Å². The van der Waals surface area contributed by atoms with Crippen molar-refractivity contribution in [2.24, 2.45) is 0 Å². The third-order valence-corrected chi connectivity index (χ3v) is 2.35. The molecule has 0 aliphatic rings. The summed E-state index contributed by atoms with van der Waals surface area (Å²) in [6.45, 7) is 8.75. The van der Waals surface area contributed by atoms with E-state index < -0.39 is 0 Å². The van der Waals surface area contributed by atoms with E-state index >= 15 is 0 Å². The Morgan fingerprint density at radius 1 is 1.31 bits per heavy atom. The molecule has 92 valence electrons. The van der Waals surface area contributed by atoms with E-state index in [9.17, 15) is 0 Å². The van der Waals surface area contributed by atoms with Gasteiger partial charge in [0.15, 0.2) is 0 Å². The lowest BCUT2D eigenvalue weighted by molar-refractivity contribution is 0.371. The Morgan fingerprint density at radius 2 is 1.94 bits per heavy atom. The van der Waals surface area contributed by atoms with Crippen LogP contribution in [0.2, 0.25) is 5.02 Å². The van der Waals surface area contributed by atoms with Crippen LogP contribution in [0.3, 0.4) is 0 Å². The third kappa shape index (κ3) is 6.37. The number of rotatable bonds is 3. The lowest BCUT2D eigenvalue weighted by atomic mass is 10.0. The molecule has 0 heterocycles. The Kier molecular flexibility index (Phi) is 6.39. The minimum absolute atomic E-state index is 0. The predicted molar refractivity (Wildman–Crippen MR) is 74.8 cm³/mol. The van der Waals surface area contributed by atoms with Gasteiger partial charge in [-0.15, -0.1) is 12.4 Å². The molecule has 0 bridgehead atoms. The summed E-state index contributed by atoms with van der Waals surface area (Å²) in [6.07, 6.45) is 1.01. The minimum atomic E-state index is 0. The van der Waals surface area contributed by atoms with Crippen molar-refractivity contribution < 1.29 is 0 Å². The number of hydrogen-bond donors (Lipinski definition) is 1. The fraction of sp³-hybridized carbons (Fsp3) is 0.538. The monoisotopic (exact) mass is 261 g/mol. The van der Waals surface area contributed by atoms with Gasteiger partial charge in [0.2, 0.25) is 0 Å². The second kappa shape index (κ2) is 6.48. The van der Waals surface area contributed by atoms with Crippen LogP contribution >= 0.6 is 24.0 Å². The molecule has 16 heavy (non-hydrogen) atoms. The predicted octanol–water partition coefficient (Wildman–Crippen LogP) is 4.08. The fourth-order valence-corrected chi connectivity index (χ4v) is 2.02. The van der Waals surface area contributed by atoms with E-state index in [4.69, 9.17) is 11.6 Å². The first-order valence-corrected chi connectivity index (χ1v) is 5.77. The summed E-state index contributed by atoms with van der Waals surface area (Å²) in [7, 11) is 0. The molecule has 1 aromatic rings. The maximum Gasteiger partial charge on any atom is 0.0408 e. The van der Waals surface area contributed by atoms with Crippen LogP contribution in [-0.4, -0.2) is 11.6 Å². The lowest BCUT2D eigenvalue weighted by Gasteiger charge is -2.26. The molecule has 0 aromatic heterocycles. The molecule has 0 amide bonds. The number of nitrogens with one attached hydrogen (secondary N) is 1. The quantitative estimate of drug-likeness (QED) is 0.865. The number of hydrogen-bond acceptors (Lipinski definition) is 1. The Bertz CT molecular complexity index is 318. The first-order valence-electron chi connectivity index (χ1n) is 5.39. The van der Waals surface area contributed by atoms with E-state index in [1.165, 1.54) is 5.56 Å². The molecular formula is C13H21Cl2N. The van der Waals surface area contributed by atoms with Crippen LogP contribution in [0.25, 0.3) is 0 Å². The maximum absolute atomic E-state index is 5.94. The maximum atomic E-state index is 5.94. The highest BCUT2D eigenvalue weighted by Crippen LogP contribution is 2.13. The van der Waals surface area contributed by atoms with Gasteiger partial charge >= 0.3 is 0 Å². The standard InChI is InChI=1S/C13H20ClN.ClH/c1-10(15-13(2,3)4)8-11-6-5-7-12(14)9-11;/h5-7,9-10,15H,8H2,1-4H3;1H. The molecule has 1 rings (SSSR count). The Morgan fingerprint density at radius 3 is 2.44 bits per heavy atom. The molecule has 0 aliphatic carbocycles. The van der Waals surface area contributed by atoms with Crippen LogP contribution in [0.15, 0.2) is 24.3 Å². The highest BCUT2D eigenvalue weighted by Gasteiger charge is 2.13. The van der Waals surface area contributed by atoms with Gasteiger partial charge in [-0.05, 0) is 51.8 Å². The molecule has 3 heteroatoms. The average Bonchev–Trinajstić information content (AvgIpc) is 1.99. The summed E-state index contributed by atoms with van der Waals surface area (Å²) in [6, 6.07) is 8.52. The second-order valence-corrected chi connectivity index (χ2v) is 5.57. The normalized spacial score (nSPS) is 13.1. The van der Waals surface area contributed by atoms with Crippen LogP contribution in [0.4, 0.5) is 0 Å². The second-order valence-electron chi connectivity index (χ2n) is 5.13. The molecular weight excluding hydrogens is 241 g/mol. The van der Waals surface area contributed by atoms with Gasteiger partial charge in [-0.2, -0.15) is 0 Å². The van der Waals surface area contributed by atoms with E-state index in [1.807, 2.05) is 18.2 Å². The van der Waals surface area contributed by atoms with Crippen LogP contribution in [0.1, 0.15) is 33.3 Å². The van der Waals surface area contributed by atoms with Crippen molar-refractivity contribution in [1.82, 2.24) is 5.32 Å². The molecule has 0 saturated carbocycles. The zero-order valence-electron chi connectivity index (χ0n) is 10.4. The van der Waals surface area contributed by atoms with Crippen molar-refractivity contribution in [3.8, 4) is 0 Å². The molecule has 1 aromatic carbocycles. The first-order chi connectivity index (χ1) is 6.87. The van der Waals surface area contributed by atoms with Gasteiger partial charge in [0.25, 0.3) is 0 Å². The van der Waals surface area contributed by atoms with Crippen LogP contribution in [0.5, 0.6) is 0 Å². The van der Waals surface area contributed by atoms with Gasteiger partial charge in [0.1, 0.15) is 0 Å². The van der Waals surface area contributed by atoms with Gasteiger partial charge in [-0.3, -0.25) is 0 Å². The van der Waals surface area contributed by atoms with Gasteiger partial charge in [-0.25, -0.2) is 0 Å². The average molecular weight is 262 g/mol. The molecule has 0 spiro atoms. The Labute approximate surface area is 110 Å². The summed E-state index contributed by atoms with van der Waals surface area (Å²) in [5.41, 5.74) is 1.45. The summed E-state index contributed by atoms with van der Waals surface area (Å²) < 4.78 is 0. The fourth-order valence-electron chi connectivity index (χ4n) is 1.81. The zero-order chi connectivity index (χ0) is 11.5. The van der Waals surface area contributed by atoms with Gasteiger partial charge in [-0.1, -0.05) is 23.7 Å². The highest BCUT2D eigenvalue weighted by atomic mass is 35.5. The molecule has 1 atom stereocenters. The smallest absolute Gasteiger partial charge is 0.0408 e. The molecule has 1 N–H and O–H groups in total. The van der Waals surface area contributed by atoms with Crippen molar-refractivity contribution in [1.29, 1.82) is 0 Å². The molecule has 0 radical (unpaired) electrons. The van der Waals surface area contributed by atoms with Gasteiger partial charge in [0, 0.05) is 16.6 Å². The summed E-state index contributed by atoms with van der Waals surface area (Å²) in [4.78, 5) is 0. The van der Waals surface area contributed by atoms with E-state index in [-0.39, 0.29) is 17.9 Å². The third-order valence-electron chi connectivity index (χ3n) is 2.11. The van der Waals surface area contributed by atoms with Crippen molar-refractivity contribution in [2.75, 3.05) is 0 Å². The summed E-state index contributed by atoms with van der Waals surface area (Å²) in [5.74, 6) is 0. The molecule has 1 unspecified atom stereocenters. The molecule has 1 nitrogen and oxygen atoms in total. The molecule has 0 fully saturated rings. The van der Waals surface area contributed by atoms with Crippen LogP contribution < -0.4 is 5.32 Å². The highest BCUT2D eigenvalue weighted by molar-refractivity contribution is 6.30.